The molecule has 158 valence electrons. The summed E-state index contributed by atoms with van der Waals surface area (Å²) in [6.07, 6.45) is 2.19. The van der Waals surface area contributed by atoms with Gasteiger partial charge in [0.2, 0.25) is 5.95 Å². The monoisotopic (exact) mass is 424 g/mol. The van der Waals surface area contributed by atoms with E-state index in [0.717, 1.165) is 40.1 Å². The number of rotatable bonds is 3. The van der Waals surface area contributed by atoms with Crippen LogP contribution in [0.5, 0.6) is 5.75 Å². The second kappa shape index (κ2) is 7.34. The van der Waals surface area contributed by atoms with Gasteiger partial charge in [-0.1, -0.05) is 55.5 Å². The standard InChI is InChI=1S/C26H21FN4O/c1-2-16-7-9-18(10-8-16)25-22-23(20-5-3-4-6-21(20)32-25)30-26-28-15-29-31(26)24(22)17-11-13-19(27)14-12-17/h3-15,24-25H,2H2,1H3,(H,28,29,30)/t24-,25-/m0/s1. The number of hydrogen-bond donors (Lipinski definition) is 1. The highest BCUT2D eigenvalue weighted by Crippen LogP contribution is 2.50. The predicted molar refractivity (Wildman–Crippen MR) is 121 cm³/mol. The fourth-order valence-corrected chi connectivity index (χ4v) is 4.59. The van der Waals surface area contributed by atoms with Crippen LogP contribution in [0.3, 0.4) is 0 Å². The van der Waals surface area contributed by atoms with Crippen molar-refractivity contribution in [2.24, 2.45) is 0 Å². The Morgan fingerprint density at radius 3 is 2.50 bits per heavy atom. The average Bonchev–Trinajstić information content (AvgIpc) is 3.31. The number of fused-ring (bicyclic) bond motifs is 3. The number of para-hydroxylation sites is 1. The maximum atomic E-state index is 13.7. The summed E-state index contributed by atoms with van der Waals surface area (Å²) in [5, 5.41) is 7.98. The van der Waals surface area contributed by atoms with Crippen LogP contribution in [-0.4, -0.2) is 14.8 Å². The lowest BCUT2D eigenvalue weighted by atomic mass is 9.84. The minimum Gasteiger partial charge on any atom is -0.480 e. The molecular formula is C26H21FN4O. The van der Waals surface area contributed by atoms with E-state index in [4.69, 9.17) is 4.74 Å². The van der Waals surface area contributed by atoms with Gasteiger partial charge in [-0.15, -0.1) is 0 Å². The minimum atomic E-state index is -0.328. The van der Waals surface area contributed by atoms with Crippen molar-refractivity contribution in [1.82, 2.24) is 14.8 Å². The van der Waals surface area contributed by atoms with Gasteiger partial charge in [-0.25, -0.2) is 9.07 Å². The van der Waals surface area contributed by atoms with Crippen LogP contribution in [-0.2, 0) is 6.42 Å². The second-order valence-electron chi connectivity index (χ2n) is 8.03. The Bertz CT molecular complexity index is 1320. The third-order valence-electron chi connectivity index (χ3n) is 6.20. The number of anilines is 1. The highest BCUT2D eigenvalue weighted by molar-refractivity contribution is 5.85. The van der Waals surface area contributed by atoms with Gasteiger partial charge in [0.05, 0.1) is 5.70 Å². The number of aromatic nitrogens is 3. The summed E-state index contributed by atoms with van der Waals surface area (Å²) in [7, 11) is 0. The number of aryl methyl sites for hydroxylation is 1. The Morgan fingerprint density at radius 1 is 0.969 bits per heavy atom. The van der Waals surface area contributed by atoms with E-state index >= 15 is 0 Å². The Hall–Kier alpha value is -3.93. The highest BCUT2D eigenvalue weighted by atomic mass is 19.1. The molecule has 32 heavy (non-hydrogen) atoms. The molecule has 0 spiro atoms. The van der Waals surface area contributed by atoms with Crippen LogP contribution >= 0.6 is 0 Å². The van der Waals surface area contributed by atoms with Gasteiger partial charge in [-0.05, 0) is 47.4 Å². The number of halogens is 1. The number of hydrogen-bond acceptors (Lipinski definition) is 4. The van der Waals surface area contributed by atoms with Crippen molar-refractivity contribution < 1.29 is 9.13 Å². The molecule has 3 heterocycles. The highest BCUT2D eigenvalue weighted by Gasteiger charge is 2.40. The summed E-state index contributed by atoms with van der Waals surface area (Å²) < 4.78 is 22.2. The first kappa shape index (κ1) is 18.8. The summed E-state index contributed by atoms with van der Waals surface area (Å²) in [5.41, 5.74) is 6.22. The maximum Gasteiger partial charge on any atom is 0.226 e. The Kier molecular flexibility index (Phi) is 4.31. The van der Waals surface area contributed by atoms with Crippen LogP contribution in [0.1, 0.15) is 41.3 Å². The van der Waals surface area contributed by atoms with E-state index in [2.05, 4.69) is 46.6 Å². The lowest BCUT2D eigenvalue weighted by molar-refractivity contribution is 0.223. The van der Waals surface area contributed by atoms with Crippen molar-refractivity contribution in [3.8, 4) is 5.75 Å². The van der Waals surface area contributed by atoms with Crippen LogP contribution < -0.4 is 10.1 Å². The van der Waals surface area contributed by atoms with E-state index in [-0.39, 0.29) is 18.0 Å². The van der Waals surface area contributed by atoms with Crippen molar-refractivity contribution in [2.75, 3.05) is 5.32 Å². The minimum absolute atomic E-state index is 0.271. The first-order valence-electron chi connectivity index (χ1n) is 10.7. The zero-order chi connectivity index (χ0) is 21.7. The molecule has 0 saturated carbocycles. The molecular weight excluding hydrogens is 403 g/mol. The molecule has 2 aliphatic heterocycles. The number of benzene rings is 3. The van der Waals surface area contributed by atoms with Crippen molar-refractivity contribution in [3.63, 3.8) is 0 Å². The van der Waals surface area contributed by atoms with Crippen molar-refractivity contribution >= 4 is 11.6 Å². The summed E-state index contributed by atoms with van der Waals surface area (Å²) in [6.45, 7) is 2.14. The third-order valence-corrected chi connectivity index (χ3v) is 6.20. The van der Waals surface area contributed by atoms with Gasteiger partial charge in [0, 0.05) is 11.1 Å². The molecule has 3 aromatic carbocycles. The summed E-state index contributed by atoms with van der Waals surface area (Å²) in [4.78, 5) is 4.43. The smallest absolute Gasteiger partial charge is 0.226 e. The fourth-order valence-electron chi connectivity index (χ4n) is 4.59. The molecule has 1 aromatic heterocycles. The molecule has 0 bridgehead atoms. The summed E-state index contributed by atoms with van der Waals surface area (Å²) >= 11 is 0. The van der Waals surface area contributed by atoms with Gasteiger partial charge in [0.1, 0.15) is 30.0 Å². The van der Waals surface area contributed by atoms with Gasteiger partial charge in [0.15, 0.2) is 0 Å². The van der Waals surface area contributed by atoms with Crippen molar-refractivity contribution in [1.29, 1.82) is 0 Å². The molecule has 6 heteroatoms. The van der Waals surface area contributed by atoms with E-state index in [9.17, 15) is 4.39 Å². The van der Waals surface area contributed by atoms with E-state index < -0.39 is 0 Å². The van der Waals surface area contributed by atoms with E-state index in [1.54, 1.807) is 12.1 Å². The van der Waals surface area contributed by atoms with Crippen LogP contribution in [0, 0.1) is 5.82 Å². The molecule has 2 atom stereocenters. The zero-order valence-electron chi connectivity index (χ0n) is 17.5. The normalized spacial score (nSPS) is 18.8. The molecule has 0 fully saturated rings. The van der Waals surface area contributed by atoms with Gasteiger partial charge < -0.3 is 10.1 Å². The topological polar surface area (TPSA) is 52.0 Å². The molecule has 2 aliphatic rings. The molecule has 4 aromatic rings. The van der Waals surface area contributed by atoms with Crippen LogP contribution in [0.2, 0.25) is 0 Å². The van der Waals surface area contributed by atoms with Gasteiger partial charge >= 0.3 is 0 Å². The maximum absolute atomic E-state index is 13.7. The quantitative estimate of drug-likeness (QED) is 0.469. The zero-order valence-corrected chi connectivity index (χ0v) is 17.5. The third kappa shape index (κ3) is 2.91. The molecule has 1 N–H and O–H groups in total. The average molecular weight is 424 g/mol. The largest absolute Gasteiger partial charge is 0.480 e. The summed E-state index contributed by atoms with van der Waals surface area (Å²) in [6, 6.07) is 22.8. The van der Waals surface area contributed by atoms with E-state index in [1.807, 2.05) is 28.9 Å². The first-order chi connectivity index (χ1) is 15.7. The molecule has 0 amide bonds. The Morgan fingerprint density at radius 2 is 1.72 bits per heavy atom. The Labute approximate surface area is 185 Å². The van der Waals surface area contributed by atoms with Gasteiger partial charge in [-0.2, -0.15) is 10.1 Å². The predicted octanol–water partition coefficient (Wildman–Crippen LogP) is 5.54. The second-order valence-corrected chi connectivity index (χ2v) is 8.03. The molecule has 0 saturated heterocycles. The van der Waals surface area contributed by atoms with Crippen LogP contribution in [0.4, 0.5) is 10.3 Å². The molecule has 6 rings (SSSR count). The lowest BCUT2D eigenvalue weighted by Crippen LogP contribution is -2.32. The lowest BCUT2D eigenvalue weighted by Gasteiger charge is -2.39. The Balaban J connectivity index is 1.60. The van der Waals surface area contributed by atoms with Crippen LogP contribution in [0.25, 0.3) is 5.70 Å². The van der Waals surface area contributed by atoms with Crippen molar-refractivity contribution in [2.45, 2.75) is 25.5 Å². The number of nitrogens with zero attached hydrogens (tertiary/aromatic N) is 3. The molecule has 0 radical (unpaired) electrons. The number of nitrogens with one attached hydrogen (secondary N) is 1. The molecule has 5 nitrogen and oxygen atoms in total. The first-order valence-corrected chi connectivity index (χ1v) is 10.7. The van der Waals surface area contributed by atoms with Gasteiger partial charge in [-0.3, -0.25) is 0 Å². The SMILES string of the molecule is CCc1ccc([C@@H]2Oc3ccccc3C3=C2[C@H](c2ccc(F)cc2)n2ncnc2N3)cc1. The van der Waals surface area contributed by atoms with Crippen molar-refractivity contribution in [3.05, 3.63) is 113 Å². The molecule has 0 unspecified atom stereocenters. The number of ether oxygens (including phenoxy) is 1. The fraction of sp³-hybridized carbons (Fsp3) is 0.154. The van der Waals surface area contributed by atoms with Crippen LogP contribution in [0.15, 0.2) is 84.7 Å². The molecule has 0 aliphatic carbocycles. The van der Waals surface area contributed by atoms with E-state index in [1.165, 1.54) is 24.0 Å². The summed E-state index contributed by atoms with van der Waals surface area (Å²) in [5.74, 6) is 1.19. The van der Waals surface area contributed by atoms with Gasteiger partial charge in [0.25, 0.3) is 0 Å². The van der Waals surface area contributed by atoms with E-state index in [0.29, 0.717) is 5.95 Å².